The third-order valence-electron chi connectivity index (χ3n) is 4.22. The van der Waals surface area contributed by atoms with Crippen LogP contribution in [0, 0.1) is 0 Å². The molecule has 0 aliphatic carbocycles. The molecule has 3 rings (SSSR count). The number of likely N-dealkylation sites (tertiary alicyclic amines) is 1. The Labute approximate surface area is 142 Å². The molecule has 5 heteroatoms. The predicted molar refractivity (Wildman–Crippen MR) is 91.2 cm³/mol. The summed E-state index contributed by atoms with van der Waals surface area (Å²) in [5.74, 6) is 1.67. The second-order valence-corrected chi connectivity index (χ2v) is 5.89. The van der Waals surface area contributed by atoms with Crippen molar-refractivity contribution in [2.75, 3.05) is 20.2 Å². The molecule has 1 unspecified atom stereocenters. The van der Waals surface area contributed by atoms with Gasteiger partial charge in [-0.2, -0.15) is 0 Å². The zero-order valence-electron chi connectivity index (χ0n) is 13.9. The van der Waals surface area contributed by atoms with Crippen LogP contribution in [0.15, 0.2) is 48.8 Å². The average molecular weight is 326 g/mol. The molecule has 0 saturated carbocycles. The highest BCUT2D eigenvalue weighted by Crippen LogP contribution is 2.21. The summed E-state index contributed by atoms with van der Waals surface area (Å²) in [6, 6.07) is 11.3. The summed E-state index contributed by atoms with van der Waals surface area (Å²) in [7, 11) is 1.63. The Morgan fingerprint density at radius 3 is 2.83 bits per heavy atom. The Hall–Kier alpha value is -2.56. The number of piperidine rings is 1. The summed E-state index contributed by atoms with van der Waals surface area (Å²) in [4.78, 5) is 18.5. The second-order valence-electron chi connectivity index (χ2n) is 5.89. The number of pyridine rings is 1. The molecular formula is C19H22N2O3. The van der Waals surface area contributed by atoms with Gasteiger partial charge in [0.15, 0.2) is 0 Å². The van der Waals surface area contributed by atoms with E-state index in [0.717, 1.165) is 36.4 Å². The lowest BCUT2D eigenvalue weighted by Gasteiger charge is -2.33. The standard InChI is InChI=1S/C19H22N2O3/c1-23-18-7-3-2-5-15(18)13-19(22)21-12-4-6-17(14-21)24-16-8-10-20-11-9-16/h2-3,5,7-11,17H,4,6,12-14H2,1H3. The van der Waals surface area contributed by atoms with Crippen LogP contribution in [-0.4, -0.2) is 42.1 Å². The smallest absolute Gasteiger partial charge is 0.227 e. The van der Waals surface area contributed by atoms with Gasteiger partial charge in [0.2, 0.25) is 5.91 Å². The molecular weight excluding hydrogens is 304 g/mol. The van der Waals surface area contributed by atoms with E-state index < -0.39 is 0 Å². The molecule has 0 N–H and O–H groups in total. The van der Waals surface area contributed by atoms with Crippen LogP contribution in [0.1, 0.15) is 18.4 Å². The molecule has 126 valence electrons. The Balaban J connectivity index is 1.60. The van der Waals surface area contributed by atoms with Gasteiger partial charge in [-0.3, -0.25) is 9.78 Å². The van der Waals surface area contributed by atoms with Crippen LogP contribution >= 0.6 is 0 Å². The van der Waals surface area contributed by atoms with Crippen molar-refractivity contribution in [3.05, 3.63) is 54.4 Å². The molecule has 1 aliphatic rings. The molecule has 1 saturated heterocycles. The van der Waals surface area contributed by atoms with E-state index in [1.165, 1.54) is 0 Å². The van der Waals surface area contributed by atoms with Crippen LogP contribution in [-0.2, 0) is 11.2 Å². The van der Waals surface area contributed by atoms with Crippen molar-refractivity contribution in [3.63, 3.8) is 0 Å². The van der Waals surface area contributed by atoms with E-state index in [2.05, 4.69) is 4.98 Å². The van der Waals surface area contributed by atoms with Crippen molar-refractivity contribution in [2.45, 2.75) is 25.4 Å². The van der Waals surface area contributed by atoms with Gasteiger partial charge in [-0.1, -0.05) is 18.2 Å². The first-order valence-electron chi connectivity index (χ1n) is 8.22. The highest BCUT2D eigenvalue weighted by Gasteiger charge is 2.25. The van der Waals surface area contributed by atoms with Gasteiger partial charge in [-0.15, -0.1) is 0 Å². The number of hydrogen-bond acceptors (Lipinski definition) is 4. The summed E-state index contributed by atoms with van der Waals surface area (Å²) in [5.41, 5.74) is 0.919. The fraction of sp³-hybridized carbons (Fsp3) is 0.368. The molecule has 1 atom stereocenters. The highest BCUT2D eigenvalue weighted by molar-refractivity contribution is 5.79. The third-order valence-corrected chi connectivity index (χ3v) is 4.22. The number of benzene rings is 1. The minimum absolute atomic E-state index is 0.0303. The molecule has 2 aromatic rings. The fourth-order valence-corrected chi connectivity index (χ4v) is 2.99. The van der Waals surface area contributed by atoms with Gasteiger partial charge in [0, 0.05) is 24.5 Å². The predicted octanol–water partition coefficient (Wildman–Crippen LogP) is 2.70. The second kappa shape index (κ2) is 7.81. The average Bonchev–Trinajstić information content (AvgIpc) is 2.63. The molecule has 24 heavy (non-hydrogen) atoms. The molecule has 2 heterocycles. The lowest BCUT2D eigenvalue weighted by Crippen LogP contribution is -2.45. The zero-order valence-corrected chi connectivity index (χ0v) is 13.9. The summed E-state index contributed by atoms with van der Waals surface area (Å²) in [5, 5.41) is 0. The molecule has 0 radical (unpaired) electrons. The van der Waals surface area contributed by atoms with Crippen LogP contribution in [0.4, 0.5) is 0 Å². The monoisotopic (exact) mass is 326 g/mol. The quantitative estimate of drug-likeness (QED) is 0.848. The maximum atomic E-state index is 12.6. The summed E-state index contributed by atoms with van der Waals surface area (Å²) >= 11 is 0. The number of methoxy groups -OCH3 is 1. The van der Waals surface area contributed by atoms with Crippen LogP contribution < -0.4 is 9.47 Å². The summed E-state index contributed by atoms with van der Waals surface area (Å²) in [6.07, 6.45) is 5.72. The van der Waals surface area contributed by atoms with Crippen molar-refractivity contribution in [1.29, 1.82) is 0 Å². The fourth-order valence-electron chi connectivity index (χ4n) is 2.99. The van der Waals surface area contributed by atoms with E-state index in [-0.39, 0.29) is 12.0 Å². The van der Waals surface area contributed by atoms with E-state index >= 15 is 0 Å². The van der Waals surface area contributed by atoms with Crippen molar-refractivity contribution in [3.8, 4) is 11.5 Å². The number of aromatic nitrogens is 1. The van der Waals surface area contributed by atoms with E-state index in [9.17, 15) is 4.79 Å². The van der Waals surface area contributed by atoms with Crippen molar-refractivity contribution in [2.24, 2.45) is 0 Å². The van der Waals surface area contributed by atoms with E-state index in [1.807, 2.05) is 41.3 Å². The number of rotatable bonds is 5. The number of hydrogen-bond donors (Lipinski definition) is 0. The van der Waals surface area contributed by atoms with Crippen molar-refractivity contribution >= 4 is 5.91 Å². The Morgan fingerprint density at radius 2 is 2.04 bits per heavy atom. The number of para-hydroxylation sites is 1. The molecule has 1 aliphatic heterocycles. The molecule has 1 aromatic heterocycles. The molecule has 1 aromatic carbocycles. The first-order valence-corrected chi connectivity index (χ1v) is 8.22. The zero-order chi connectivity index (χ0) is 16.8. The van der Waals surface area contributed by atoms with Gasteiger partial charge < -0.3 is 14.4 Å². The number of amides is 1. The van der Waals surface area contributed by atoms with Gasteiger partial charge in [0.1, 0.15) is 17.6 Å². The maximum Gasteiger partial charge on any atom is 0.227 e. The van der Waals surface area contributed by atoms with Crippen molar-refractivity contribution in [1.82, 2.24) is 9.88 Å². The van der Waals surface area contributed by atoms with Crippen LogP contribution in [0.5, 0.6) is 11.5 Å². The van der Waals surface area contributed by atoms with Gasteiger partial charge in [0.05, 0.1) is 20.1 Å². The molecule has 5 nitrogen and oxygen atoms in total. The Morgan fingerprint density at radius 1 is 1.25 bits per heavy atom. The summed E-state index contributed by atoms with van der Waals surface area (Å²) in [6.45, 7) is 1.40. The number of nitrogens with zero attached hydrogens (tertiary/aromatic N) is 2. The van der Waals surface area contributed by atoms with Crippen LogP contribution in [0.25, 0.3) is 0 Å². The molecule has 1 fully saturated rings. The minimum Gasteiger partial charge on any atom is -0.496 e. The first kappa shape index (κ1) is 16.3. The van der Waals surface area contributed by atoms with E-state index in [1.54, 1.807) is 19.5 Å². The van der Waals surface area contributed by atoms with Gasteiger partial charge >= 0.3 is 0 Å². The van der Waals surface area contributed by atoms with E-state index in [4.69, 9.17) is 9.47 Å². The lowest BCUT2D eigenvalue weighted by molar-refractivity contribution is -0.133. The van der Waals surface area contributed by atoms with Crippen LogP contribution in [0.3, 0.4) is 0 Å². The van der Waals surface area contributed by atoms with Gasteiger partial charge in [-0.05, 0) is 31.0 Å². The minimum atomic E-state index is 0.0303. The molecule has 0 bridgehead atoms. The highest BCUT2D eigenvalue weighted by atomic mass is 16.5. The number of carbonyl (C=O) groups is 1. The Kier molecular flexibility index (Phi) is 5.31. The van der Waals surface area contributed by atoms with Gasteiger partial charge in [-0.25, -0.2) is 0 Å². The van der Waals surface area contributed by atoms with E-state index in [0.29, 0.717) is 13.0 Å². The van der Waals surface area contributed by atoms with Crippen LogP contribution in [0.2, 0.25) is 0 Å². The summed E-state index contributed by atoms with van der Waals surface area (Å²) < 4.78 is 11.3. The first-order chi connectivity index (χ1) is 11.8. The largest absolute Gasteiger partial charge is 0.496 e. The third kappa shape index (κ3) is 4.04. The van der Waals surface area contributed by atoms with Gasteiger partial charge in [0.25, 0.3) is 0 Å². The normalized spacial score (nSPS) is 17.4. The number of carbonyl (C=O) groups excluding carboxylic acids is 1. The molecule has 1 amide bonds. The topological polar surface area (TPSA) is 51.7 Å². The van der Waals surface area contributed by atoms with Crippen molar-refractivity contribution < 1.29 is 14.3 Å². The number of ether oxygens (including phenoxy) is 2. The lowest BCUT2D eigenvalue weighted by atomic mass is 10.1. The maximum absolute atomic E-state index is 12.6. The SMILES string of the molecule is COc1ccccc1CC(=O)N1CCCC(Oc2ccncc2)C1. The molecule has 0 spiro atoms. The Bertz CT molecular complexity index is 675.